The van der Waals surface area contributed by atoms with Gasteiger partial charge in [-0.1, -0.05) is 11.6 Å². The predicted octanol–water partition coefficient (Wildman–Crippen LogP) is 0.981. The Bertz CT molecular complexity index is 357. The van der Waals surface area contributed by atoms with Gasteiger partial charge in [0.1, 0.15) is 5.75 Å². The summed E-state index contributed by atoms with van der Waals surface area (Å²) in [5, 5.41) is 8.78. The van der Waals surface area contributed by atoms with Crippen molar-refractivity contribution >= 4 is 74.6 Å². The summed E-state index contributed by atoms with van der Waals surface area (Å²) >= 11 is 5.66. The van der Waals surface area contributed by atoms with E-state index >= 15 is 0 Å². The van der Waals surface area contributed by atoms with Gasteiger partial charge >= 0.3 is 57.4 Å². The molecule has 0 unspecified atom stereocenters. The number of hydrogen-bond acceptors (Lipinski definition) is 3. The van der Waals surface area contributed by atoms with E-state index in [0.29, 0.717) is 5.75 Å². The van der Waals surface area contributed by atoms with Gasteiger partial charge in [0.15, 0.2) is 0 Å². The minimum atomic E-state index is -1.11. The number of carbonyl (C=O) groups is 1. The molecule has 1 aromatic carbocycles. The van der Waals surface area contributed by atoms with Crippen molar-refractivity contribution in [1.82, 2.24) is 0 Å². The molecule has 6 heteroatoms. The Kier molecular flexibility index (Phi) is 6.04. The third-order valence-corrected chi connectivity index (χ3v) is 1.86. The van der Waals surface area contributed by atoms with Crippen LogP contribution in [0, 0.1) is 0 Å². The summed E-state index contributed by atoms with van der Waals surface area (Å²) in [6.07, 6.45) is 0. The van der Waals surface area contributed by atoms with Crippen LogP contribution in [0.15, 0.2) is 12.1 Å². The van der Waals surface area contributed by atoms with Crippen LogP contribution in [0.3, 0.4) is 0 Å². The van der Waals surface area contributed by atoms with Gasteiger partial charge in [-0.15, -0.1) is 0 Å². The summed E-state index contributed by atoms with van der Waals surface area (Å²) in [5.41, 5.74) is 5.72. The van der Waals surface area contributed by atoms with E-state index in [-0.39, 0.29) is 67.7 Å². The van der Waals surface area contributed by atoms with Crippen molar-refractivity contribution < 1.29 is 14.6 Å². The molecule has 0 aromatic heterocycles. The third-order valence-electron chi connectivity index (χ3n) is 1.55. The normalized spacial score (nSPS) is 9.00. The number of carboxylic acid groups (broad SMARTS) is 1. The number of carboxylic acids is 1. The van der Waals surface area contributed by atoms with Crippen molar-refractivity contribution in [2.45, 2.75) is 0 Å². The summed E-state index contributed by atoms with van der Waals surface area (Å²) in [5.74, 6) is -0.741. The molecule has 72 valence electrons. The minimum absolute atomic E-state index is 0. The zero-order valence-electron chi connectivity index (χ0n) is 6.87. The SMILES string of the molecule is COc1cc(Cl)c(C(=O)O)cc1N.[KH]. The average Bonchev–Trinajstić information content (AvgIpc) is 2.07. The molecule has 0 radical (unpaired) electrons. The predicted molar refractivity (Wildman–Crippen MR) is 56.5 cm³/mol. The van der Waals surface area contributed by atoms with Crippen LogP contribution in [0.4, 0.5) is 5.69 Å². The van der Waals surface area contributed by atoms with Crippen LogP contribution in [0.2, 0.25) is 5.02 Å². The van der Waals surface area contributed by atoms with Gasteiger partial charge in [0, 0.05) is 6.07 Å². The maximum absolute atomic E-state index is 10.6. The van der Waals surface area contributed by atoms with Crippen molar-refractivity contribution in [3.05, 3.63) is 22.7 Å². The quantitative estimate of drug-likeness (QED) is 0.598. The van der Waals surface area contributed by atoms with Crippen LogP contribution < -0.4 is 10.5 Å². The molecule has 0 atom stereocenters. The topological polar surface area (TPSA) is 72.5 Å². The molecule has 0 saturated heterocycles. The Morgan fingerprint density at radius 1 is 1.57 bits per heavy atom. The van der Waals surface area contributed by atoms with E-state index in [1.54, 1.807) is 0 Å². The number of halogens is 1. The molecular formula is C8H9ClKNO3. The molecule has 0 spiro atoms. The molecular weight excluding hydrogens is 233 g/mol. The molecule has 0 fully saturated rings. The van der Waals surface area contributed by atoms with Gasteiger partial charge in [-0.05, 0) is 6.07 Å². The maximum atomic E-state index is 10.6. The van der Waals surface area contributed by atoms with Crippen molar-refractivity contribution in [1.29, 1.82) is 0 Å². The molecule has 0 aliphatic carbocycles. The summed E-state index contributed by atoms with van der Waals surface area (Å²) in [4.78, 5) is 10.6. The molecule has 1 aromatic rings. The molecule has 0 aliphatic heterocycles. The van der Waals surface area contributed by atoms with E-state index in [1.807, 2.05) is 0 Å². The first-order chi connectivity index (χ1) is 6.06. The van der Waals surface area contributed by atoms with Crippen LogP contribution in [-0.4, -0.2) is 69.6 Å². The molecule has 4 nitrogen and oxygen atoms in total. The van der Waals surface area contributed by atoms with Crippen LogP contribution in [0.5, 0.6) is 5.75 Å². The molecule has 0 amide bonds. The van der Waals surface area contributed by atoms with Gasteiger partial charge in [0.25, 0.3) is 0 Å². The van der Waals surface area contributed by atoms with Gasteiger partial charge in [-0.2, -0.15) is 0 Å². The first kappa shape index (κ1) is 14.2. The summed E-state index contributed by atoms with van der Waals surface area (Å²) in [6, 6.07) is 2.64. The number of hydrogen-bond donors (Lipinski definition) is 2. The molecule has 14 heavy (non-hydrogen) atoms. The number of rotatable bonds is 2. The second-order valence-corrected chi connectivity index (χ2v) is 2.79. The second-order valence-electron chi connectivity index (χ2n) is 2.38. The van der Waals surface area contributed by atoms with Gasteiger partial charge in [0.05, 0.1) is 23.4 Å². The summed E-state index contributed by atoms with van der Waals surface area (Å²) < 4.78 is 4.86. The van der Waals surface area contributed by atoms with Gasteiger partial charge < -0.3 is 15.6 Å². The number of anilines is 1. The standard InChI is InChI=1S/C8H8ClNO3.K.H/c1-13-7-3-5(9)4(8(11)12)2-6(7)10;;/h2-3H,10H2,1H3,(H,11,12);;. The summed E-state index contributed by atoms with van der Waals surface area (Å²) in [6.45, 7) is 0. The Morgan fingerprint density at radius 3 is 2.57 bits per heavy atom. The fourth-order valence-corrected chi connectivity index (χ4v) is 1.15. The second kappa shape index (κ2) is 5.94. The molecule has 0 bridgehead atoms. The Balaban J connectivity index is 0.00000169. The molecule has 0 saturated carbocycles. The molecule has 1 rings (SSSR count). The van der Waals surface area contributed by atoms with Gasteiger partial charge in [-0.25, -0.2) is 4.79 Å². The van der Waals surface area contributed by atoms with Crippen LogP contribution in [-0.2, 0) is 0 Å². The van der Waals surface area contributed by atoms with Crippen molar-refractivity contribution in [2.75, 3.05) is 12.8 Å². The van der Waals surface area contributed by atoms with E-state index in [0.717, 1.165) is 0 Å². The number of nitrogens with two attached hydrogens (primary N) is 1. The molecule has 0 aliphatic rings. The zero-order chi connectivity index (χ0) is 10.0. The third kappa shape index (κ3) is 3.11. The number of ether oxygens (including phenoxy) is 1. The van der Waals surface area contributed by atoms with Crippen molar-refractivity contribution in [3.8, 4) is 5.75 Å². The van der Waals surface area contributed by atoms with E-state index in [1.165, 1.54) is 19.2 Å². The van der Waals surface area contributed by atoms with Crippen LogP contribution in [0.1, 0.15) is 10.4 Å². The average molecular weight is 242 g/mol. The van der Waals surface area contributed by atoms with Gasteiger partial charge in [0.2, 0.25) is 0 Å². The van der Waals surface area contributed by atoms with Gasteiger partial charge in [-0.3, -0.25) is 0 Å². The summed E-state index contributed by atoms with van der Waals surface area (Å²) in [7, 11) is 1.43. The monoisotopic (exact) mass is 241 g/mol. The van der Waals surface area contributed by atoms with Crippen LogP contribution in [0.25, 0.3) is 0 Å². The number of methoxy groups -OCH3 is 1. The number of benzene rings is 1. The number of nitrogen functional groups attached to an aromatic ring is 1. The van der Waals surface area contributed by atoms with E-state index < -0.39 is 5.97 Å². The fraction of sp³-hybridized carbons (Fsp3) is 0.125. The number of aromatic carboxylic acids is 1. The fourth-order valence-electron chi connectivity index (χ4n) is 0.912. The first-order valence-electron chi connectivity index (χ1n) is 3.42. The zero-order valence-corrected chi connectivity index (χ0v) is 7.63. The van der Waals surface area contributed by atoms with E-state index in [2.05, 4.69) is 0 Å². The molecule has 0 heterocycles. The Hall–Kier alpha value is 0.216. The van der Waals surface area contributed by atoms with Crippen molar-refractivity contribution in [2.24, 2.45) is 0 Å². The van der Waals surface area contributed by atoms with Crippen LogP contribution >= 0.6 is 11.6 Å². The molecule has 3 N–H and O–H groups in total. The van der Waals surface area contributed by atoms with E-state index in [9.17, 15) is 4.79 Å². The van der Waals surface area contributed by atoms with E-state index in [4.69, 9.17) is 27.2 Å². The Morgan fingerprint density at radius 2 is 2.14 bits per heavy atom. The van der Waals surface area contributed by atoms with Crippen molar-refractivity contribution in [3.63, 3.8) is 0 Å². The first-order valence-corrected chi connectivity index (χ1v) is 3.80. The Labute approximate surface area is 129 Å².